The minimum absolute atomic E-state index is 0.103. The molecule has 0 atom stereocenters. The number of aromatic nitrogens is 3. The second kappa shape index (κ2) is 8.57. The number of primary amides is 1. The molecule has 0 saturated carbocycles. The maximum Gasteiger partial charge on any atom is 0.491 e. The topological polar surface area (TPSA) is 165 Å². The predicted molar refractivity (Wildman–Crippen MR) is 112 cm³/mol. The quantitative estimate of drug-likeness (QED) is 0.243. The molecule has 1 amide bonds. The lowest BCUT2D eigenvalue weighted by Gasteiger charge is -2.15. The van der Waals surface area contributed by atoms with E-state index in [0.717, 1.165) is 6.07 Å². The molecule has 0 bridgehead atoms. The molecule has 0 aliphatic rings. The van der Waals surface area contributed by atoms with Gasteiger partial charge in [0.05, 0.1) is 16.8 Å². The second-order valence-electron chi connectivity index (χ2n) is 6.67. The number of aromatic amines is 1. The Morgan fingerprint density at radius 1 is 1.12 bits per heavy atom. The molecule has 14 heteroatoms. The summed E-state index contributed by atoms with van der Waals surface area (Å²) in [6, 6.07) is 9.94. The van der Waals surface area contributed by atoms with E-state index in [0.29, 0.717) is 16.8 Å². The van der Waals surface area contributed by atoms with Crippen LogP contribution in [0.15, 0.2) is 57.9 Å². The van der Waals surface area contributed by atoms with Crippen molar-refractivity contribution in [1.82, 2.24) is 15.0 Å². The third-order valence-electron chi connectivity index (χ3n) is 4.30. The molecular formula is C20H13F3N6O5. The average molecular weight is 474 g/mol. The van der Waals surface area contributed by atoms with Crippen LogP contribution in [0.2, 0.25) is 0 Å². The van der Waals surface area contributed by atoms with Gasteiger partial charge in [0.25, 0.3) is 5.91 Å². The molecule has 0 radical (unpaired) electrons. The number of carbonyl (C=O) groups excluding carboxylic acids is 2. The molecule has 0 aliphatic carbocycles. The van der Waals surface area contributed by atoms with Gasteiger partial charge in [-0.3, -0.25) is 9.78 Å². The minimum atomic E-state index is -5.30. The molecule has 34 heavy (non-hydrogen) atoms. The summed E-state index contributed by atoms with van der Waals surface area (Å²) < 4.78 is 47.5. The maximum absolute atomic E-state index is 12.7. The Kier molecular flexibility index (Phi) is 5.63. The van der Waals surface area contributed by atoms with Gasteiger partial charge in [0, 0.05) is 11.9 Å². The van der Waals surface area contributed by atoms with Crippen LogP contribution in [0.4, 0.5) is 36.3 Å². The van der Waals surface area contributed by atoms with Gasteiger partial charge in [-0.1, -0.05) is 6.07 Å². The van der Waals surface area contributed by atoms with Crippen LogP contribution in [-0.2, 0) is 4.79 Å². The van der Waals surface area contributed by atoms with Crippen LogP contribution in [0.5, 0.6) is 5.75 Å². The standard InChI is InChI=1S/C20H13F3N6O5/c21-20(22,23)17(31)34-15-10(16(24)30)2-1-3-11(15)27-18-25-7-6-14(29-18)26-9-4-5-13-12(8-9)28-19(32)33-13/h1-8H,(H2,24,30)(H,28,32)(H2,25,26,27,29). The molecule has 5 N–H and O–H groups in total. The maximum atomic E-state index is 12.7. The number of amides is 1. The zero-order valence-corrected chi connectivity index (χ0v) is 16.8. The number of halogens is 3. The fraction of sp³-hybridized carbons (Fsp3) is 0.0500. The molecule has 4 rings (SSSR count). The van der Waals surface area contributed by atoms with Crippen LogP contribution >= 0.6 is 0 Å². The molecule has 0 spiro atoms. The SMILES string of the molecule is NC(=O)c1cccc(Nc2nccc(Nc3ccc4oc(=O)[nH]c4c3)n2)c1OC(=O)C(F)(F)F. The van der Waals surface area contributed by atoms with E-state index in [1.165, 1.54) is 24.4 Å². The van der Waals surface area contributed by atoms with Crippen LogP contribution in [-0.4, -0.2) is 33.0 Å². The molecule has 174 valence electrons. The number of hydrogen-bond acceptors (Lipinski definition) is 9. The Balaban J connectivity index is 1.62. The monoisotopic (exact) mass is 474 g/mol. The molecule has 0 unspecified atom stereocenters. The summed E-state index contributed by atoms with van der Waals surface area (Å²) in [7, 11) is 0. The fourth-order valence-corrected chi connectivity index (χ4v) is 2.88. The number of fused-ring (bicyclic) bond motifs is 1. The van der Waals surface area contributed by atoms with Gasteiger partial charge in [-0.2, -0.15) is 18.2 Å². The van der Waals surface area contributed by atoms with E-state index in [-0.39, 0.29) is 17.5 Å². The summed E-state index contributed by atoms with van der Waals surface area (Å²) in [6.45, 7) is 0. The van der Waals surface area contributed by atoms with Gasteiger partial charge < -0.3 is 25.5 Å². The molecule has 4 aromatic rings. The number of nitrogens with two attached hydrogens (primary N) is 1. The van der Waals surface area contributed by atoms with Gasteiger partial charge in [-0.15, -0.1) is 0 Å². The zero-order chi connectivity index (χ0) is 24.5. The second-order valence-corrected chi connectivity index (χ2v) is 6.67. The van der Waals surface area contributed by atoms with Crippen molar-refractivity contribution in [3.05, 3.63) is 64.8 Å². The van der Waals surface area contributed by atoms with Crippen molar-refractivity contribution >= 4 is 46.1 Å². The summed E-state index contributed by atoms with van der Waals surface area (Å²) in [6.07, 6.45) is -3.96. The van der Waals surface area contributed by atoms with Crippen molar-refractivity contribution in [2.75, 3.05) is 10.6 Å². The number of H-pyrrole nitrogens is 1. The number of anilines is 4. The van der Waals surface area contributed by atoms with Crippen LogP contribution in [0.1, 0.15) is 10.4 Å². The van der Waals surface area contributed by atoms with E-state index in [9.17, 15) is 27.6 Å². The smallest absolute Gasteiger partial charge is 0.417 e. The first-order valence-corrected chi connectivity index (χ1v) is 9.32. The number of ether oxygens (including phenoxy) is 1. The van der Waals surface area contributed by atoms with Crippen molar-refractivity contribution in [3.63, 3.8) is 0 Å². The largest absolute Gasteiger partial charge is 0.491 e. The Morgan fingerprint density at radius 2 is 1.91 bits per heavy atom. The molecule has 0 fully saturated rings. The lowest BCUT2D eigenvalue weighted by molar-refractivity contribution is -0.189. The lowest BCUT2D eigenvalue weighted by atomic mass is 10.1. The first-order chi connectivity index (χ1) is 16.1. The minimum Gasteiger partial charge on any atom is -0.417 e. The van der Waals surface area contributed by atoms with Crippen molar-refractivity contribution in [2.24, 2.45) is 5.73 Å². The Bertz CT molecular complexity index is 1460. The van der Waals surface area contributed by atoms with Crippen LogP contribution in [0.3, 0.4) is 0 Å². The lowest BCUT2D eigenvalue weighted by Crippen LogP contribution is -2.29. The third kappa shape index (κ3) is 4.79. The Labute approximate surface area is 186 Å². The highest BCUT2D eigenvalue weighted by molar-refractivity contribution is 5.99. The van der Waals surface area contributed by atoms with Crippen LogP contribution < -0.4 is 26.9 Å². The van der Waals surface area contributed by atoms with Gasteiger partial charge in [-0.25, -0.2) is 14.6 Å². The highest BCUT2D eigenvalue weighted by atomic mass is 19.4. The van der Waals surface area contributed by atoms with E-state index >= 15 is 0 Å². The number of rotatable bonds is 6. The van der Waals surface area contributed by atoms with E-state index in [1.54, 1.807) is 18.2 Å². The first-order valence-electron chi connectivity index (χ1n) is 9.32. The normalized spacial score (nSPS) is 11.3. The van der Waals surface area contributed by atoms with Crippen molar-refractivity contribution < 1.29 is 31.9 Å². The van der Waals surface area contributed by atoms with Gasteiger partial charge in [0.15, 0.2) is 11.3 Å². The molecule has 2 heterocycles. The highest BCUT2D eigenvalue weighted by Crippen LogP contribution is 2.33. The number of alkyl halides is 3. The number of oxazole rings is 1. The van der Waals surface area contributed by atoms with Crippen LogP contribution in [0, 0.1) is 0 Å². The number of nitrogens with zero attached hydrogens (tertiary/aromatic N) is 2. The average Bonchev–Trinajstić information content (AvgIpc) is 3.13. The van der Waals surface area contributed by atoms with Gasteiger partial charge in [0.2, 0.25) is 5.95 Å². The van der Waals surface area contributed by atoms with Gasteiger partial charge in [0.1, 0.15) is 5.82 Å². The summed E-state index contributed by atoms with van der Waals surface area (Å²) in [4.78, 5) is 45.0. The first kappa shape index (κ1) is 22.3. The fourth-order valence-electron chi connectivity index (χ4n) is 2.88. The Morgan fingerprint density at radius 3 is 2.65 bits per heavy atom. The van der Waals surface area contributed by atoms with E-state index in [4.69, 9.17) is 10.2 Å². The van der Waals surface area contributed by atoms with E-state index < -0.39 is 35.1 Å². The summed E-state index contributed by atoms with van der Waals surface area (Å²) in [5, 5.41) is 5.57. The van der Waals surface area contributed by atoms with Crippen molar-refractivity contribution in [1.29, 1.82) is 0 Å². The van der Waals surface area contributed by atoms with E-state index in [1.807, 2.05) is 0 Å². The predicted octanol–water partition coefficient (Wildman–Crippen LogP) is 2.96. The summed E-state index contributed by atoms with van der Waals surface area (Å²) in [5.74, 6) is -4.82. The zero-order valence-electron chi connectivity index (χ0n) is 16.8. The number of carbonyl (C=O) groups is 2. The molecular weight excluding hydrogens is 461 g/mol. The summed E-state index contributed by atoms with van der Waals surface area (Å²) in [5.41, 5.74) is 5.87. The summed E-state index contributed by atoms with van der Waals surface area (Å²) >= 11 is 0. The molecule has 2 aromatic carbocycles. The molecule has 0 aliphatic heterocycles. The highest BCUT2D eigenvalue weighted by Gasteiger charge is 2.42. The molecule has 11 nitrogen and oxygen atoms in total. The number of esters is 1. The van der Waals surface area contributed by atoms with Gasteiger partial charge >= 0.3 is 17.9 Å². The third-order valence-corrected chi connectivity index (χ3v) is 4.30. The number of benzene rings is 2. The molecule has 2 aromatic heterocycles. The van der Waals surface area contributed by atoms with Crippen LogP contribution in [0.25, 0.3) is 11.1 Å². The number of nitrogens with one attached hydrogen (secondary N) is 3. The molecule has 0 saturated heterocycles. The van der Waals surface area contributed by atoms with E-state index in [2.05, 4.69) is 30.3 Å². The van der Waals surface area contributed by atoms with Gasteiger partial charge in [-0.05, 0) is 36.4 Å². The number of hydrogen-bond donors (Lipinski definition) is 4. The van der Waals surface area contributed by atoms with Crippen molar-refractivity contribution in [2.45, 2.75) is 6.18 Å². The Hall–Kier alpha value is -4.88. The number of para-hydroxylation sites is 1. The van der Waals surface area contributed by atoms with Crippen molar-refractivity contribution in [3.8, 4) is 5.75 Å².